The maximum Gasteiger partial charge on any atom is 0.0116 e. The van der Waals surface area contributed by atoms with Crippen LogP contribution in [0.5, 0.6) is 0 Å². The van der Waals surface area contributed by atoms with Gasteiger partial charge in [-0.15, -0.1) is 0 Å². The van der Waals surface area contributed by atoms with Crippen molar-refractivity contribution in [3.8, 4) is 0 Å². The van der Waals surface area contributed by atoms with Crippen LogP contribution in [0.4, 0.5) is 0 Å². The first-order valence-electron chi connectivity index (χ1n) is 3.68. The largest absolute Gasteiger partial charge is 0.0987 e. The van der Waals surface area contributed by atoms with Crippen LogP contribution in [0.2, 0.25) is 0 Å². The summed E-state index contributed by atoms with van der Waals surface area (Å²) in [7, 11) is 0. The van der Waals surface area contributed by atoms with E-state index in [2.05, 4.69) is 19.7 Å². The van der Waals surface area contributed by atoms with Crippen LogP contribution in [-0.4, -0.2) is 0 Å². The molecule has 0 radical (unpaired) electrons. The molecule has 64 valence electrons. The molecule has 0 aromatic carbocycles. The van der Waals surface area contributed by atoms with Gasteiger partial charge in [0.2, 0.25) is 0 Å². The number of hydrogen-bond acceptors (Lipinski definition) is 1. The summed E-state index contributed by atoms with van der Waals surface area (Å²) in [5, 5.41) is 1.76. The van der Waals surface area contributed by atoms with Gasteiger partial charge in [-0.2, -0.15) is 0 Å². The van der Waals surface area contributed by atoms with Gasteiger partial charge < -0.3 is 0 Å². The molecule has 0 heterocycles. The van der Waals surface area contributed by atoms with Crippen LogP contribution in [0.15, 0.2) is 59.9 Å². The summed E-state index contributed by atoms with van der Waals surface area (Å²) < 4.78 is 0. The molecule has 0 N–H and O–H groups in total. The predicted octanol–water partition coefficient (Wildman–Crippen LogP) is 4.07. The van der Waals surface area contributed by atoms with Crippen LogP contribution in [-0.2, 0) is 0 Å². The van der Waals surface area contributed by atoms with Gasteiger partial charge in [-0.3, -0.25) is 0 Å². The highest BCUT2D eigenvalue weighted by atomic mass is 32.2. The van der Waals surface area contributed by atoms with Crippen LogP contribution in [0.25, 0.3) is 0 Å². The third kappa shape index (κ3) is 4.04. The van der Waals surface area contributed by atoms with Crippen LogP contribution >= 0.6 is 11.8 Å². The Labute approximate surface area is 79.1 Å². The molecule has 1 heteroatoms. The summed E-state index contributed by atoms with van der Waals surface area (Å²) in [6.45, 7) is 13.2. The Hall–Kier alpha value is -0.950. The van der Waals surface area contributed by atoms with Crippen molar-refractivity contribution >= 4 is 11.8 Å². The van der Waals surface area contributed by atoms with Crippen molar-refractivity contribution in [3.63, 3.8) is 0 Å². The second-order valence-corrected chi connectivity index (χ2v) is 3.12. The van der Waals surface area contributed by atoms with Crippen molar-refractivity contribution in [1.82, 2.24) is 0 Å². The smallest absolute Gasteiger partial charge is 0.0116 e. The van der Waals surface area contributed by atoms with Gasteiger partial charge in [0.05, 0.1) is 0 Å². The standard InChI is InChI=1S/C11H14S/c1-5-8-9-11(6-2)10(4)12-7-3/h5-9H,2-4H2,1H3/b8-5-,11-9+. The van der Waals surface area contributed by atoms with E-state index in [0.717, 1.165) is 10.5 Å². The van der Waals surface area contributed by atoms with Crippen molar-refractivity contribution in [2.75, 3.05) is 0 Å². The summed E-state index contributed by atoms with van der Waals surface area (Å²) in [6.07, 6.45) is 7.70. The van der Waals surface area contributed by atoms with Crippen LogP contribution in [0.1, 0.15) is 6.92 Å². The van der Waals surface area contributed by atoms with E-state index in [1.54, 1.807) is 11.5 Å². The van der Waals surface area contributed by atoms with E-state index in [1.807, 2.05) is 25.2 Å². The van der Waals surface area contributed by atoms with Gasteiger partial charge in [-0.05, 0) is 17.9 Å². The molecule has 0 amide bonds. The third-order valence-corrected chi connectivity index (χ3v) is 1.92. The molecule has 0 aromatic rings. The molecule has 0 saturated heterocycles. The normalized spacial score (nSPS) is 11.6. The Morgan fingerprint density at radius 2 is 2.00 bits per heavy atom. The number of thioether (sulfide) groups is 1. The molecule has 0 spiro atoms. The molecule has 0 unspecified atom stereocenters. The maximum atomic E-state index is 3.89. The summed E-state index contributed by atoms with van der Waals surface area (Å²) in [5.41, 5.74) is 1.04. The maximum absolute atomic E-state index is 3.89. The molecule has 0 nitrogen and oxygen atoms in total. The number of allylic oxidation sites excluding steroid dienone is 5. The van der Waals surface area contributed by atoms with Crippen molar-refractivity contribution < 1.29 is 0 Å². The van der Waals surface area contributed by atoms with Crippen LogP contribution < -0.4 is 0 Å². The Balaban J connectivity index is 4.43. The lowest BCUT2D eigenvalue weighted by molar-refractivity contribution is 1.66. The zero-order valence-electron chi connectivity index (χ0n) is 7.42. The molecule has 0 aliphatic heterocycles. The Bertz CT molecular complexity index is 231. The fraction of sp³-hybridized carbons (Fsp3) is 0.0909. The van der Waals surface area contributed by atoms with Crippen LogP contribution in [0.3, 0.4) is 0 Å². The highest BCUT2D eigenvalue weighted by Crippen LogP contribution is 2.23. The van der Waals surface area contributed by atoms with E-state index in [-0.39, 0.29) is 0 Å². The van der Waals surface area contributed by atoms with Gasteiger partial charge in [0.15, 0.2) is 0 Å². The minimum absolute atomic E-state index is 0.970. The van der Waals surface area contributed by atoms with Gasteiger partial charge >= 0.3 is 0 Å². The van der Waals surface area contributed by atoms with Crippen molar-refractivity contribution in [2.24, 2.45) is 0 Å². The van der Waals surface area contributed by atoms with Gasteiger partial charge in [0.1, 0.15) is 0 Å². The number of rotatable bonds is 5. The molecule has 0 aliphatic carbocycles. The fourth-order valence-electron chi connectivity index (χ4n) is 0.643. The first-order chi connectivity index (χ1) is 5.76. The van der Waals surface area contributed by atoms with Crippen LogP contribution in [0, 0.1) is 0 Å². The topological polar surface area (TPSA) is 0 Å². The van der Waals surface area contributed by atoms with E-state index < -0.39 is 0 Å². The lowest BCUT2D eigenvalue weighted by atomic mass is 10.2. The average molecular weight is 178 g/mol. The van der Waals surface area contributed by atoms with Crippen molar-refractivity contribution in [3.05, 3.63) is 59.9 Å². The van der Waals surface area contributed by atoms with E-state index in [4.69, 9.17) is 0 Å². The first-order valence-corrected chi connectivity index (χ1v) is 4.56. The lowest BCUT2D eigenvalue weighted by Crippen LogP contribution is -1.76. The molecule has 0 fully saturated rings. The molecule has 0 saturated carbocycles. The second kappa shape index (κ2) is 6.74. The van der Waals surface area contributed by atoms with E-state index in [1.165, 1.54) is 11.8 Å². The van der Waals surface area contributed by atoms with E-state index in [9.17, 15) is 0 Å². The van der Waals surface area contributed by atoms with Gasteiger partial charge in [0, 0.05) is 4.91 Å². The molecule has 0 rings (SSSR count). The number of hydrogen-bond donors (Lipinski definition) is 0. The second-order valence-electron chi connectivity index (χ2n) is 2.06. The third-order valence-electron chi connectivity index (χ3n) is 1.24. The minimum Gasteiger partial charge on any atom is -0.0987 e. The lowest BCUT2D eigenvalue weighted by Gasteiger charge is -2.00. The SMILES string of the molecule is C=CSC(=C)/C(C=C)=C/C=C\C. The molecular formula is C11H14S. The Morgan fingerprint density at radius 3 is 2.42 bits per heavy atom. The highest BCUT2D eigenvalue weighted by molar-refractivity contribution is 8.06. The Morgan fingerprint density at radius 1 is 1.33 bits per heavy atom. The first kappa shape index (κ1) is 11.1. The monoisotopic (exact) mass is 178 g/mol. The van der Waals surface area contributed by atoms with Gasteiger partial charge in [0.25, 0.3) is 0 Å². The zero-order valence-corrected chi connectivity index (χ0v) is 8.23. The molecule has 0 aromatic heterocycles. The molecule has 12 heavy (non-hydrogen) atoms. The minimum atomic E-state index is 0.970. The van der Waals surface area contributed by atoms with Crippen molar-refractivity contribution in [1.29, 1.82) is 0 Å². The summed E-state index contributed by atoms with van der Waals surface area (Å²) in [6, 6.07) is 0. The summed E-state index contributed by atoms with van der Waals surface area (Å²) in [5.74, 6) is 0. The average Bonchev–Trinajstić information content (AvgIpc) is 2.06. The Kier molecular flexibility index (Phi) is 6.21. The van der Waals surface area contributed by atoms with E-state index >= 15 is 0 Å². The fourth-order valence-corrected chi connectivity index (χ4v) is 1.13. The molecule has 0 bridgehead atoms. The summed E-state index contributed by atoms with van der Waals surface area (Å²) in [4.78, 5) is 0.970. The molecule has 0 aliphatic rings. The molecular weight excluding hydrogens is 164 g/mol. The van der Waals surface area contributed by atoms with E-state index in [0.29, 0.717) is 0 Å². The predicted molar refractivity (Wildman–Crippen MR) is 60.0 cm³/mol. The van der Waals surface area contributed by atoms with Crippen molar-refractivity contribution in [2.45, 2.75) is 6.92 Å². The molecule has 0 atom stereocenters. The van der Waals surface area contributed by atoms with Gasteiger partial charge in [-0.25, -0.2) is 0 Å². The van der Waals surface area contributed by atoms with Gasteiger partial charge in [-0.1, -0.05) is 55.8 Å². The highest BCUT2D eigenvalue weighted by Gasteiger charge is 1.94. The summed E-state index contributed by atoms with van der Waals surface area (Å²) >= 11 is 1.51. The zero-order chi connectivity index (χ0) is 9.40. The quantitative estimate of drug-likeness (QED) is 0.572.